The van der Waals surface area contributed by atoms with Gasteiger partial charge >= 0.3 is 0 Å². The van der Waals surface area contributed by atoms with Crippen LogP contribution in [0.5, 0.6) is 0 Å². The number of aliphatic hydroxyl groups excluding tert-OH is 1. The fourth-order valence-corrected chi connectivity index (χ4v) is 2.71. The van der Waals surface area contributed by atoms with E-state index in [2.05, 4.69) is 11.6 Å². The lowest BCUT2D eigenvalue weighted by atomic mass is 10.1. The summed E-state index contributed by atoms with van der Waals surface area (Å²) in [6, 6.07) is 5.15. The lowest BCUT2D eigenvalue weighted by Gasteiger charge is -2.14. The maximum Gasteiger partial charge on any atom is 0.0929 e. The van der Waals surface area contributed by atoms with Crippen molar-refractivity contribution >= 4 is 35.0 Å². The summed E-state index contributed by atoms with van der Waals surface area (Å²) < 4.78 is 0. The number of rotatable bonds is 9. The first-order chi connectivity index (χ1) is 9.15. The predicted molar refractivity (Wildman–Crippen MR) is 86.5 cm³/mol. The Labute approximate surface area is 129 Å². The molecule has 108 valence electrons. The van der Waals surface area contributed by atoms with E-state index in [1.165, 1.54) is 18.6 Å². The van der Waals surface area contributed by atoms with E-state index in [9.17, 15) is 5.11 Å². The number of aliphatic hydroxyl groups is 1. The monoisotopic (exact) mass is 321 g/mol. The molecule has 0 aliphatic rings. The van der Waals surface area contributed by atoms with Gasteiger partial charge in [-0.3, -0.25) is 0 Å². The Kier molecular flexibility index (Phi) is 8.92. The van der Waals surface area contributed by atoms with Crippen LogP contribution in [-0.2, 0) is 0 Å². The molecule has 0 radical (unpaired) electrons. The van der Waals surface area contributed by atoms with Crippen LogP contribution in [0.4, 0.5) is 0 Å². The highest BCUT2D eigenvalue weighted by Crippen LogP contribution is 2.25. The lowest BCUT2D eigenvalue weighted by molar-refractivity contribution is 0.175. The van der Waals surface area contributed by atoms with Crippen molar-refractivity contribution < 1.29 is 5.11 Å². The molecule has 2 nitrogen and oxygen atoms in total. The summed E-state index contributed by atoms with van der Waals surface area (Å²) in [6.45, 7) is 1.42. The lowest BCUT2D eigenvalue weighted by Crippen LogP contribution is -2.22. The van der Waals surface area contributed by atoms with E-state index >= 15 is 0 Å². The first kappa shape index (κ1) is 17.1. The van der Waals surface area contributed by atoms with Crippen LogP contribution in [0.25, 0.3) is 0 Å². The van der Waals surface area contributed by atoms with Gasteiger partial charge in [0.05, 0.1) is 6.10 Å². The number of hydrogen-bond acceptors (Lipinski definition) is 3. The third-order valence-electron chi connectivity index (χ3n) is 2.86. The third kappa shape index (κ3) is 6.87. The average Bonchev–Trinajstić information content (AvgIpc) is 2.40. The smallest absolute Gasteiger partial charge is 0.0929 e. The minimum atomic E-state index is -0.614. The van der Waals surface area contributed by atoms with Gasteiger partial charge < -0.3 is 10.4 Å². The van der Waals surface area contributed by atoms with Crippen molar-refractivity contribution in [2.24, 2.45) is 0 Å². The van der Waals surface area contributed by atoms with Gasteiger partial charge in [0, 0.05) is 22.2 Å². The van der Waals surface area contributed by atoms with E-state index in [-0.39, 0.29) is 0 Å². The minimum absolute atomic E-state index is 0.503. The van der Waals surface area contributed by atoms with Crippen LogP contribution in [0.2, 0.25) is 10.0 Å². The average molecular weight is 322 g/mol. The second-order valence-electron chi connectivity index (χ2n) is 4.44. The molecule has 0 aromatic heterocycles. The van der Waals surface area contributed by atoms with Crippen molar-refractivity contribution in [3.05, 3.63) is 33.8 Å². The minimum Gasteiger partial charge on any atom is -0.387 e. The summed E-state index contributed by atoms with van der Waals surface area (Å²) in [5.74, 6) is 1.22. The molecule has 0 aliphatic carbocycles. The zero-order valence-corrected chi connectivity index (χ0v) is 13.5. The van der Waals surface area contributed by atoms with Gasteiger partial charge in [0.1, 0.15) is 0 Å². The molecule has 1 atom stereocenters. The van der Waals surface area contributed by atoms with Gasteiger partial charge in [0.2, 0.25) is 0 Å². The molecular weight excluding hydrogens is 301 g/mol. The Bertz CT molecular complexity index is 376. The largest absolute Gasteiger partial charge is 0.387 e. The number of halogens is 2. The van der Waals surface area contributed by atoms with E-state index in [1.54, 1.807) is 18.2 Å². The van der Waals surface area contributed by atoms with Crippen LogP contribution >= 0.6 is 35.0 Å². The Morgan fingerprint density at radius 2 is 2.05 bits per heavy atom. The summed E-state index contributed by atoms with van der Waals surface area (Å²) >= 11 is 13.8. The van der Waals surface area contributed by atoms with Crippen molar-refractivity contribution in [1.29, 1.82) is 0 Å². The SMILES string of the molecule is CSCCCCCNCC(O)c1cc(Cl)ccc1Cl. The third-order valence-corrected chi connectivity index (χ3v) is 4.13. The Balaban J connectivity index is 2.23. The molecule has 1 rings (SSSR count). The molecular formula is C14H21Cl2NOS. The standard InChI is InChI=1S/C14H21Cl2NOS/c1-19-8-4-2-3-7-17-10-14(18)12-9-11(15)5-6-13(12)16/h5-6,9,14,17-18H,2-4,7-8,10H2,1H3. The maximum atomic E-state index is 10.1. The van der Waals surface area contributed by atoms with Gasteiger partial charge in [-0.2, -0.15) is 11.8 Å². The molecule has 0 saturated heterocycles. The molecule has 1 unspecified atom stereocenters. The number of unbranched alkanes of at least 4 members (excludes halogenated alkanes) is 2. The zero-order chi connectivity index (χ0) is 14.1. The predicted octanol–water partition coefficient (Wildman–Crippen LogP) is 4.15. The summed E-state index contributed by atoms with van der Waals surface area (Å²) in [5.41, 5.74) is 0.684. The highest BCUT2D eigenvalue weighted by molar-refractivity contribution is 7.98. The van der Waals surface area contributed by atoms with Gasteiger partial charge in [-0.05, 0) is 49.6 Å². The molecule has 0 spiro atoms. The number of benzene rings is 1. The van der Waals surface area contributed by atoms with Gasteiger partial charge in [-0.25, -0.2) is 0 Å². The first-order valence-electron chi connectivity index (χ1n) is 6.48. The molecule has 1 aromatic rings. The van der Waals surface area contributed by atoms with Gasteiger partial charge in [-0.15, -0.1) is 0 Å². The normalized spacial score (nSPS) is 12.6. The van der Waals surface area contributed by atoms with E-state index in [0.29, 0.717) is 22.2 Å². The van der Waals surface area contributed by atoms with Crippen molar-refractivity contribution in [3.8, 4) is 0 Å². The van der Waals surface area contributed by atoms with E-state index in [4.69, 9.17) is 23.2 Å². The Hall–Kier alpha value is 0.0700. The summed E-state index contributed by atoms with van der Waals surface area (Å²) in [6.07, 6.45) is 5.13. The summed E-state index contributed by atoms with van der Waals surface area (Å²) in [7, 11) is 0. The van der Waals surface area contributed by atoms with Crippen molar-refractivity contribution in [2.45, 2.75) is 25.4 Å². The zero-order valence-electron chi connectivity index (χ0n) is 11.2. The summed E-state index contributed by atoms with van der Waals surface area (Å²) in [5, 5.41) is 14.5. The molecule has 0 amide bonds. The number of nitrogens with one attached hydrogen (secondary N) is 1. The molecule has 2 N–H and O–H groups in total. The topological polar surface area (TPSA) is 32.3 Å². The van der Waals surface area contributed by atoms with Crippen molar-refractivity contribution in [1.82, 2.24) is 5.32 Å². The first-order valence-corrected chi connectivity index (χ1v) is 8.62. The molecule has 19 heavy (non-hydrogen) atoms. The van der Waals surface area contributed by atoms with Crippen LogP contribution < -0.4 is 5.32 Å². The summed E-state index contributed by atoms with van der Waals surface area (Å²) in [4.78, 5) is 0. The van der Waals surface area contributed by atoms with Crippen LogP contribution in [0.1, 0.15) is 30.9 Å². The Morgan fingerprint density at radius 1 is 1.26 bits per heavy atom. The second kappa shape index (κ2) is 9.89. The Morgan fingerprint density at radius 3 is 2.79 bits per heavy atom. The van der Waals surface area contributed by atoms with Crippen LogP contribution in [0, 0.1) is 0 Å². The van der Waals surface area contributed by atoms with E-state index < -0.39 is 6.10 Å². The van der Waals surface area contributed by atoms with Crippen molar-refractivity contribution in [2.75, 3.05) is 25.1 Å². The highest BCUT2D eigenvalue weighted by atomic mass is 35.5. The fourth-order valence-electron chi connectivity index (χ4n) is 1.79. The van der Waals surface area contributed by atoms with Gasteiger partial charge in [-0.1, -0.05) is 29.6 Å². The van der Waals surface area contributed by atoms with Crippen LogP contribution in [0.3, 0.4) is 0 Å². The fraction of sp³-hybridized carbons (Fsp3) is 0.571. The molecule has 1 aromatic carbocycles. The van der Waals surface area contributed by atoms with Crippen LogP contribution in [0.15, 0.2) is 18.2 Å². The quantitative estimate of drug-likeness (QED) is 0.670. The van der Waals surface area contributed by atoms with E-state index in [1.807, 2.05) is 11.8 Å². The molecule has 5 heteroatoms. The van der Waals surface area contributed by atoms with Crippen molar-refractivity contribution in [3.63, 3.8) is 0 Å². The molecule has 0 fully saturated rings. The second-order valence-corrected chi connectivity index (χ2v) is 6.27. The molecule has 0 saturated carbocycles. The number of hydrogen-bond donors (Lipinski definition) is 2. The molecule has 0 heterocycles. The molecule has 0 bridgehead atoms. The van der Waals surface area contributed by atoms with Gasteiger partial charge in [0.25, 0.3) is 0 Å². The highest BCUT2D eigenvalue weighted by Gasteiger charge is 2.11. The van der Waals surface area contributed by atoms with Gasteiger partial charge in [0.15, 0.2) is 0 Å². The van der Waals surface area contributed by atoms with Crippen LogP contribution in [-0.4, -0.2) is 30.2 Å². The number of thioether (sulfide) groups is 1. The van der Waals surface area contributed by atoms with E-state index in [0.717, 1.165) is 13.0 Å². The molecule has 0 aliphatic heterocycles. The maximum absolute atomic E-state index is 10.1.